The van der Waals surface area contributed by atoms with Gasteiger partial charge in [0.15, 0.2) is 0 Å². The fourth-order valence-electron chi connectivity index (χ4n) is 2.01. The largest absolute Gasteiger partial charge is 0.328 e. The molecule has 3 nitrogen and oxygen atoms in total. The smallest absolute Gasteiger partial charge is 0.00804 e. The number of nitrogens with two attached hydrogens (primary N) is 2. The van der Waals surface area contributed by atoms with E-state index < -0.39 is 0 Å². The van der Waals surface area contributed by atoms with Gasteiger partial charge in [0, 0.05) is 18.6 Å². The van der Waals surface area contributed by atoms with Crippen LogP contribution in [0.4, 0.5) is 0 Å². The van der Waals surface area contributed by atoms with Crippen LogP contribution in [-0.2, 0) is 0 Å². The van der Waals surface area contributed by atoms with Gasteiger partial charge in [0.1, 0.15) is 0 Å². The fraction of sp³-hybridized carbons (Fsp3) is 1.00. The van der Waals surface area contributed by atoms with Gasteiger partial charge in [0.25, 0.3) is 0 Å². The maximum atomic E-state index is 6.11. The Morgan fingerprint density at radius 2 is 2.08 bits per heavy atom. The molecule has 0 bridgehead atoms. The third-order valence-electron chi connectivity index (χ3n) is 2.99. The number of hydrogen-bond donors (Lipinski definition) is 2. The Morgan fingerprint density at radius 3 is 2.54 bits per heavy atom. The lowest BCUT2D eigenvalue weighted by molar-refractivity contribution is 0.354. The Kier molecular flexibility index (Phi) is 4.16. The molecular formula is C10H23N3. The maximum Gasteiger partial charge on any atom is 0.00804 e. The molecule has 0 saturated carbocycles. The van der Waals surface area contributed by atoms with E-state index in [0.29, 0.717) is 18.0 Å². The fourth-order valence-corrected chi connectivity index (χ4v) is 2.01. The van der Waals surface area contributed by atoms with Crippen molar-refractivity contribution < 1.29 is 0 Å². The van der Waals surface area contributed by atoms with Crippen LogP contribution >= 0.6 is 0 Å². The average Bonchev–Trinajstić information content (AvgIpc) is 2.47. The molecule has 1 saturated heterocycles. The van der Waals surface area contributed by atoms with Crippen LogP contribution in [0.1, 0.15) is 26.2 Å². The van der Waals surface area contributed by atoms with Crippen LogP contribution in [0, 0.1) is 5.92 Å². The molecule has 3 atom stereocenters. The van der Waals surface area contributed by atoms with E-state index >= 15 is 0 Å². The second-order valence-corrected chi connectivity index (χ2v) is 4.53. The summed E-state index contributed by atoms with van der Waals surface area (Å²) in [5.74, 6) is 0.698. The second kappa shape index (κ2) is 4.94. The minimum Gasteiger partial charge on any atom is -0.328 e. The topological polar surface area (TPSA) is 55.3 Å². The van der Waals surface area contributed by atoms with Gasteiger partial charge in [-0.2, -0.15) is 0 Å². The summed E-state index contributed by atoms with van der Waals surface area (Å²) >= 11 is 0. The summed E-state index contributed by atoms with van der Waals surface area (Å²) in [6.45, 7) is 4.42. The molecule has 1 heterocycles. The van der Waals surface area contributed by atoms with E-state index in [4.69, 9.17) is 11.5 Å². The Hall–Kier alpha value is -0.120. The van der Waals surface area contributed by atoms with Crippen LogP contribution in [0.15, 0.2) is 0 Å². The first kappa shape index (κ1) is 11.0. The van der Waals surface area contributed by atoms with Crippen molar-refractivity contribution in [1.82, 2.24) is 4.90 Å². The highest BCUT2D eigenvalue weighted by Crippen LogP contribution is 2.19. The van der Waals surface area contributed by atoms with E-state index in [1.165, 1.54) is 19.5 Å². The molecule has 0 aromatic heterocycles. The van der Waals surface area contributed by atoms with E-state index in [1.807, 2.05) is 6.92 Å². The van der Waals surface area contributed by atoms with Gasteiger partial charge >= 0.3 is 0 Å². The van der Waals surface area contributed by atoms with Gasteiger partial charge < -0.3 is 16.4 Å². The van der Waals surface area contributed by atoms with E-state index in [-0.39, 0.29) is 0 Å². The zero-order chi connectivity index (χ0) is 9.84. The van der Waals surface area contributed by atoms with Crippen molar-refractivity contribution in [2.24, 2.45) is 17.4 Å². The molecule has 1 aliphatic rings. The minimum absolute atomic E-state index is 0.296. The number of rotatable bonds is 4. The second-order valence-electron chi connectivity index (χ2n) is 4.53. The van der Waals surface area contributed by atoms with Crippen LogP contribution < -0.4 is 11.5 Å². The molecular weight excluding hydrogens is 162 g/mol. The van der Waals surface area contributed by atoms with Crippen molar-refractivity contribution in [1.29, 1.82) is 0 Å². The van der Waals surface area contributed by atoms with Gasteiger partial charge in [-0.3, -0.25) is 0 Å². The van der Waals surface area contributed by atoms with Crippen LogP contribution in [0.3, 0.4) is 0 Å². The molecule has 1 fully saturated rings. The summed E-state index contributed by atoms with van der Waals surface area (Å²) in [6.07, 6.45) is 3.40. The van der Waals surface area contributed by atoms with Gasteiger partial charge in [0.2, 0.25) is 0 Å². The average molecular weight is 185 g/mol. The summed E-state index contributed by atoms with van der Waals surface area (Å²) in [6, 6.07) is 0.654. The summed E-state index contributed by atoms with van der Waals surface area (Å²) < 4.78 is 0. The van der Waals surface area contributed by atoms with Crippen molar-refractivity contribution in [3.05, 3.63) is 0 Å². The standard InChI is InChI=1S/C10H23N3/c1-8(11)3-4-10(12)9-5-6-13(2)7-9/h8-10H,3-7,11-12H2,1-2H3. The summed E-state index contributed by atoms with van der Waals surface area (Å²) in [5.41, 5.74) is 11.8. The first-order chi connectivity index (χ1) is 6.09. The SMILES string of the molecule is CC(N)CCC(N)C1CCN(C)C1. The molecule has 1 aliphatic heterocycles. The predicted molar refractivity (Wildman–Crippen MR) is 56.5 cm³/mol. The molecule has 0 aliphatic carbocycles. The van der Waals surface area contributed by atoms with Gasteiger partial charge in [-0.15, -0.1) is 0 Å². The van der Waals surface area contributed by atoms with E-state index in [1.54, 1.807) is 0 Å². The first-order valence-corrected chi connectivity index (χ1v) is 5.29. The van der Waals surface area contributed by atoms with Crippen molar-refractivity contribution in [3.63, 3.8) is 0 Å². The van der Waals surface area contributed by atoms with Gasteiger partial charge in [-0.1, -0.05) is 0 Å². The molecule has 13 heavy (non-hydrogen) atoms. The van der Waals surface area contributed by atoms with Gasteiger partial charge in [0.05, 0.1) is 0 Å². The number of nitrogens with zero attached hydrogens (tertiary/aromatic N) is 1. The Labute approximate surface area is 81.5 Å². The molecule has 0 aromatic carbocycles. The number of likely N-dealkylation sites (tertiary alicyclic amines) is 1. The quantitative estimate of drug-likeness (QED) is 0.666. The zero-order valence-electron chi connectivity index (χ0n) is 8.87. The Balaban J connectivity index is 2.19. The number of hydrogen-bond acceptors (Lipinski definition) is 3. The predicted octanol–water partition coefficient (Wildman–Crippen LogP) is 0.393. The molecule has 3 unspecified atom stereocenters. The third-order valence-corrected chi connectivity index (χ3v) is 2.99. The summed E-state index contributed by atoms with van der Waals surface area (Å²) in [4.78, 5) is 2.36. The van der Waals surface area contributed by atoms with Crippen LogP contribution in [0.5, 0.6) is 0 Å². The first-order valence-electron chi connectivity index (χ1n) is 5.29. The van der Waals surface area contributed by atoms with Crippen molar-refractivity contribution >= 4 is 0 Å². The molecule has 4 N–H and O–H groups in total. The van der Waals surface area contributed by atoms with Crippen molar-refractivity contribution in [2.45, 2.75) is 38.3 Å². The monoisotopic (exact) mass is 185 g/mol. The molecule has 0 aromatic rings. The van der Waals surface area contributed by atoms with Crippen LogP contribution in [-0.4, -0.2) is 37.1 Å². The highest BCUT2D eigenvalue weighted by molar-refractivity contribution is 4.82. The zero-order valence-corrected chi connectivity index (χ0v) is 8.87. The highest BCUT2D eigenvalue weighted by atomic mass is 15.1. The lowest BCUT2D eigenvalue weighted by Gasteiger charge is -2.19. The normalized spacial score (nSPS) is 29.1. The summed E-state index contributed by atoms with van der Waals surface area (Å²) in [7, 11) is 2.16. The van der Waals surface area contributed by atoms with Gasteiger partial charge in [-0.05, 0) is 45.7 Å². The van der Waals surface area contributed by atoms with Crippen LogP contribution in [0.2, 0.25) is 0 Å². The van der Waals surface area contributed by atoms with Crippen molar-refractivity contribution in [2.75, 3.05) is 20.1 Å². The molecule has 0 spiro atoms. The van der Waals surface area contributed by atoms with E-state index in [2.05, 4.69) is 11.9 Å². The van der Waals surface area contributed by atoms with E-state index in [0.717, 1.165) is 12.8 Å². The molecule has 0 radical (unpaired) electrons. The molecule has 3 heteroatoms. The third kappa shape index (κ3) is 3.63. The molecule has 0 amide bonds. The highest BCUT2D eigenvalue weighted by Gasteiger charge is 2.24. The summed E-state index contributed by atoms with van der Waals surface area (Å²) in [5, 5.41) is 0. The lowest BCUT2D eigenvalue weighted by atomic mass is 9.94. The van der Waals surface area contributed by atoms with Crippen molar-refractivity contribution in [3.8, 4) is 0 Å². The van der Waals surface area contributed by atoms with Gasteiger partial charge in [-0.25, -0.2) is 0 Å². The lowest BCUT2D eigenvalue weighted by Crippen LogP contribution is -2.33. The van der Waals surface area contributed by atoms with Crippen LogP contribution in [0.25, 0.3) is 0 Å². The maximum absolute atomic E-state index is 6.11. The molecule has 1 rings (SSSR count). The minimum atomic E-state index is 0.296. The molecule has 78 valence electrons. The Morgan fingerprint density at radius 1 is 1.38 bits per heavy atom. The van der Waals surface area contributed by atoms with E-state index in [9.17, 15) is 0 Å². The Bertz CT molecular complexity index is 147.